The molecule has 0 spiro atoms. The fraction of sp³-hybridized carbons (Fsp3) is 0.120. The molecule has 0 fully saturated rings. The summed E-state index contributed by atoms with van der Waals surface area (Å²) in [6.07, 6.45) is 0. The van der Waals surface area contributed by atoms with Crippen molar-refractivity contribution in [3.8, 4) is 0 Å². The van der Waals surface area contributed by atoms with Gasteiger partial charge in [-0.05, 0) is 55.0 Å². The third kappa shape index (κ3) is 6.19. The molecule has 0 bridgehead atoms. The second-order valence-electron chi connectivity index (χ2n) is 7.74. The molecule has 36 heavy (non-hydrogen) atoms. The van der Waals surface area contributed by atoms with Gasteiger partial charge in [-0.25, -0.2) is 9.97 Å². The van der Waals surface area contributed by atoms with E-state index >= 15 is 0 Å². The molecular weight excluding hydrogens is 552 g/mol. The number of anilines is 2. The number of hydrogen-bond acceptors (Lipinski definition) is 8. The van der Waals surface area contributed by atoms with Crippen molar-refractivity contribution in [1.82, 2.24) is 9.97 Å². The molecule has 0 saturated heterocycles. The molecule has 11 heteroatoms. The van der Waals surface area contributed by atoms with Crippen LogP contribution in [0.25, 0.3) is 20.4 Å². The van der Waals surface area contributed by atoms with Gasteiger partial charge in [0, 0.05) is 16.4 Å². The minimum Gasteiger partial charge on any atom is -0.325 e. The zero-order valence-corrected chi connectivity index (χ0v) is 22.9. The van der Waals surface area contributed by atoms with E-state index in [2.05, 4.69) is 20.6 Å². The molecule has 2 amide bonds. The maximum atomic E-state index is 12.5. The van der Waals surface area contributed by atoms with E-state index < -0.39 is 0 Å². The number of nitrogens with one attached hydrogen (secondary N) is 2. The molecule has 182 valence electrons. The van der Waals surface area contributed by atoms with Crippen LogP contribution in [0.3, 0.4) is 0 Å². The highest BCUT2D eigenvalue weighted by atomic mass is 35.5. The molecule has 2 heterocycles. The van der Waals surface area contributed by atoms with Crippen LogP contribution in [0.4, 0.5) is 11.4 Å². The highest BCUT2D eigenvalue weighted by Crippen LogP contribution is 2.32. The monoisotopic (exact) mass is 570 g/mol. The summed E-state index contributed by atoms with van der Waals surface area (Å²) in [5.74, 6) is 0.301. The van der Waals surface area contributed by atoms with Crippen LogP contribution in [0, 0.1) is 6.92 Å². The number of para-hydroxylation sites is 1. The molecule has 0 atom stereocenters. The maximum Gasteiger partial charge on any atom is 0.234 e. The molecule has 0 unspecified atom stereocenters. The molecule has 5 rings (SSSR count). The topological polar surface area (TPSA) is 84.0 Å². The SMILES string of the molecule is Cc1ccc(Cl)cc1NC(=O)CSc1nc2ccc(NC(=O)CSc3nc4ccccc4s3)cc2s1. The van der Waals surface area contributed by atoms with Crippen LogP contribution in [0.15, 0.2) is 69.3 Å². The lowest BCUT2D eigenvalue weighted by Crippen LogP contribution is -2.14. The number of amides is 2. The molecule has 0 aliphatic carbocycles. The molecule has 3 aromatic carbocycles. The minimum absolute atomic E-state index is 0.0919. The zero-order chi connectivity index (χ0) is 25.1. The smallest absolute Gasteiger partial charge is 0.234 e. The Morgan fingerprint density at radius 2 is 1.50 bits per heavy atom. The number of thiazole rings is 2. The summed E-state index contributed by atoms with van der Waals surface area (Å²) in [6, 6.07) is 19.0. The summed E-state index contributed by atoms with van der Waals surface area (Å²) in [7, 11) is 0. The largest absolute Gasteiger partial charge is 0.325 e. The summed E-state index contributed by atoms with van der Waals surface area (Å²) in [5.41, 5.74) is 4.15. The van der Waals surface area contributed by atoms with E-state index in [0.717, 1.165) is 34.7 Å². The quantitative estimate of drug-likeness (QED) is 0.190. The summed E-state index contributed by atoms with van der Waals surface area (Å²) < 4.78 is 3.72. The van der Waals surface area contributed by atoms with Crippen molar-refractivity contribution in [3.63, 3.8) is 0 Å². The van der Waals surface area contributed by atoms with Crippen molar-refractivity contribution < 1.29 is 9.59 Å². The van der Waals surface area contributed by atoms with Crippen LogP contribution in [0.5, 0.6) is 0 Å². The summed E-state index contributed by atoms with van der Waals surface area (Å²) in [6.45, 7) is 1.92. The van der Waals surface area contributed by atoms with Gasteiger partial charge in [-0.3, -0.25) is 9.59 Å². The number of halogens is 1. The molecule has 5 aromatic rings. The first-order chi connectivity index (χ1) is 17.4. The van der Waals surface area contributed by atoms with Crippen molar-refractivity contribution in [2.45, 2.75) is 15.6 Å². The number of carbonyl (C=O) groups excluding carboxylic acids is 2. The standard InChI is InChI=1S/C25H19ClN4O2S4/c1-14-6-7-15(26)10-19(14)28-23(32)13-34-25-30-18-9-8-16(11-21(18)36-25)27-22(31)12-33-24-29-17-4-2-3-5-20(17)35-24/h2-11H,12-13H2,1H3,(H,27,31)(H,28,32). The van der Waals surface area contributed by atoms with E-state index in [0.29, 0.717) is 16.4 Å². The van der Waals surface area contributed by atoms with Gasteiger partial charge in [-0.2, -0.15) is 0 Å². The van der Waals surface area contributed by atoms with E-state index in [-0.39, 0.29) is 23.3 Å². The summed E-state index contributed by atoms with van der Waals surface area (Å²) in [5, 5.41) is 6.42. The second-order valence-corrected chi connectivity index (χ2v) is 12.7. The Labute approximate surface area is 228 Å². The summed E-state index contributed by atoms with van der Waals surface area (Å²) >= 11 is 11.9. The van der Waals surface area contributed by atoms with Crippen LogP contribution in [-0.4, -0.2) is 33.3 Å². The first-order valence-corrected chi connectivity index (χ1v) is 14.8. The number of nitrogens with zero attached hydrogens (tertiary/aromatic N) is 2. The van der Waals surface area contributed by atoms with Gasteiger partial charge in [0.15, 0.2) is 8.68 Å². The second kappa shape index (κ2) is 11.2. The number of hydrogen-bond donors (Lipinski definition) is 2. The Bertz CT molecular complexity index is 1550. The highest BCUT2D eigenvalue weighted by Gasteiger charge is 2.12. The number of thioether (sulfide) groups is 2. The lowest BCUT2D eigenvalue weighted by molar-refractivity contribution is -0.114. The molecule has 2 N–H and O–H groups in total. The van der Waals surface area contributed by atoms with Gasteiger partial charge in [0.05, 0.1) is 31.9 Å². The lowest BCUT2D eigenvalue weighted by atomic mass is 10.2. The van der Waals surface area contributed by atoms with E-state index in [1.165, 1.54) is 34.9 Å². The Hall–Kier alpha value is -2.63. The van der Waals surface area contributed by atoms with Gasteiger partial charge in [-0.15, -0.1) is 22.7 Å². The molecule has 0 saturated carbocycles. The average Bonchev–Trinajstić information content (AvgIpc) is 3.47. The Balaban J connectivity index is 1.15. The van der Waals surface area contributed by atoms with Gasteiger partial charge < -0.3 is 10.6 Å². The minimum atomic E-state index is -0.122. The van der Waals surface area contributed by atoms with Gasteiger partial charge in [-0.1, -0.05) is 53.3 Å². The average molecular weight is 571 g/mol. The Morgan fingerprint density at radius 1 is 0.833 bits per heavy atom. The number of carbonyl (C=O) groups is 2. The number of aromatic nitrogens is 2. The van der Waals surface area contributed by atoms with Crippen molar-refractivity contribution >= 4 is 101 Å². The number of fused-ring (bicyclic) bond motifs is 2. The molecular formula is C25H19ClN4O2S4. The fourth-order valence-electron chi connectivity index (χ4n) is 3.32. The normalized spacial score (nSPS) is 11.2. The van der Waals surface area contributed by atoms with E-state index in [9.17, 15) is 9.59 Å². The predicted molar refractivity (Wildman–Crippen MR) is 154 cm³/mol. The van der Waals surface area contributed by atoms with Crippen molar-refractivity contribution in [3.05, 3.63) is 71.2 Å². The number of rotatable bonds is 8. The van der Waals surface area contributed by atoms with Crippen LogP contribution in [0.1, 0.15) is 5.56 Å². The van der Waals surface area contributed by atoms with Gasteiger partial charge in [0.1, 0.15) is 0 Å². The first-order valence-electron chi connectivity index (χ1n) is 10.8. The van der Waals surface area contributed by atoms with Crippen LogP contribution in [-0.2, 0) is 9.59 Å². The molecule has 6 nitrogen and oxygen atoms in total. The van der Waals surface area contributed by atoms with Crippen molar-refractivity contribution in [2.24, 2.45) is 0 Å². The first kappa shape index (κ1) is 25.0. The van der Waals surface area contributed by atoms with Crippen LogP contribution < -0.4 is 10.6 Å². The fourth-order valence-corrected chi connectivity index (χ4v) is 7.27. The molecule has 0 radical (unpaired) electrons. The lowest BCUT2D eigenvalue weighted by Gasteiger charge is -2.08. The van der Waals surface area contributed by atoms with E-state index in [4.69, 9.17) is 11.6 Å². The molecule has 2 aromatic heterocycles. The Kier molecular flexibility index (Phi) is 7.78. The number of aryl methyl sites for hydroxylation is 1. The molecule has 0 aliphatic rings. The van der Waals surface area contributed by atoms with Gasteiger partial charge >= 0.3 is 0 Å². The Morgan fingerprint density at radius 3 is 2.25 bits per heavy atom. The summed E-state index contributed by atoms with van der Waals surface area (Å²) in [4.78, 5) is 34.0. The maximum absolute atomic E-state index is 12.5. The van der Waals surface area contributed by atoms with Gasteiger partial charge in [0.25, 0.3) is 0 Å². The van der Waals surface area contributed by atoms with Crippen molar-refractivity contribution in [1.29, 1.82) is 0 Å². The zero-order valence-electron chi connectivity index (χ0n) is 18.9. The van der Waals surface area contributed by atoms with Crippen LogP contribution in [0.2, 0.25) is 5.02 Å². The van der Waals surface area contributed by atoms with Crippen molar-refractivity contribution in [2.75, 3.05) is 22.1 Å². The van der Waals surface area contributed by atoms with E-state index in [1.807, 2.05) is 55.5 Å². The van der Waals surface area contributed by atoms with Crippen LogP contribution >= 0.6 is 57.8 Å². The highest BCUT2D eigenvalue weighted by molar-refractivity contribution is 8.02. The van der Waals surface area contributed by atoms with E-state index in [1.54, 1.807) is 23.5 Å². The van der Waals surface area contributed by atoms with Gasteiger partial charge in [0.2, 0.25) is 11.8 Å². The molecule has 0 aliphatic heterocycles. The third-order valence-electron chi connectivity index (χ3n) is 5.05. The third-order valence-corrected chi connectivity index (χ3v) is 9.63. The number of benzene rings is 3. The predicted octanol–water partition coefficient (Wildman–Crippen LogP) is 7.33.